The van der Waals surface area contributed by atoms with Crippen LogP contribution in [-0.4, -0.2) is 5.11 Å². The lowest BCUT2D eigenvalue weighted by atomic mass is 9.45. The molecule has 1 heteroatoms. The Kier molecular flexibility index (Phi) is 0.590. The molecule has 3 fully saturated rings. The van der Waals surface area contributed by atoms with Crippen molar-refractivity contribution < 1.29 is 5.11 Å². The molecule has 0 radical (unpaired) electrons. The summed E-state index contributed by atoms with van der Waals surface area (Å²) in [6.07, 6.45) is 2.17. The van der Waals surface area contributed by atoms with Gasteiger partial charge in [-0.05, 0) is 18.9 Å². The van der Waals surface area contributed by atoms with Crippen LogP contribution in [0.2, 0.25) is 0 Å². The van der Waals surface area contributed by atoms with Gasteiger partial charge in [-0.15, -0.1) is 0 Å². The highest BCUT2D eigenvalue weighted by Crippen LogP contribution is 2.67. The van der Waals surface area contributed by atoms with Crippen LogP contribution >= 0.6 is 0 Å². The number of aliphatic hydroxyl groups excluding tert-OH is 1. The van der Waals surface area contributed by atoms with Gasteiger partial charge in [-0.25, -0.2) is 0 Å². The molecule has 4 bridgehead atoms. The van der Waals surface area contributed by atoms with Crippen molar-refractivity contribution in [2.24, 2.45) is 11.8 Å². The molecule has 0 spiro atoms. The zero-order valence-electron chi connectivity index (χ0n) is 6.02. The quantitative estimate of drug-likeness (QED) is 0.503. The molecule has 0 saturated heterocycles. The highest BCUT2D eigenvalue weighted by Gasteiger charge is 2.57. The van der Waals surface area contributed by atoms with E-state index in [2.05, 4.69) is 6.92 Å². The first-order valence-corrected chi connectivity index (χ1v) is 3.90. The lowest BCUT2D eigenvalue weighted by molar-refractivity contribution is 0.199. The minimum Gasteiger partial charge on any atom is -0.512 e. The molecule has 0 aliphatic heterocycles. The van der Waals surface area contributed by atoms with Crippen molar-refractivity contribution >= 4 is 0 Å². The largest absolute Gasteiger partial charge is 0.512 e. The molecule has 10 heavy (non-hydrogen) atoms. The summed E-state index contributed by atoms with van der Waals surface area (Å²) >= 11 is 0. The van der Waals surface area contributed by atoms with Gasteiger partial charge in [-0.2, -0.15) is 0 Å². The second-order valence-corrected chi connectivity index (χ2v) is 3.66. The van der Waals surface area contributed by atoms with Crippen molar-refractivity contribution in [3.63, 3.8) is 0 Å². The first-order chi connectivity index (χ1) is 4.79. The fourth-order valence-corrected chi connectivity index (χ4v) is 2.60. The Bertz CT molecular complexity index is 243. The van der Waals surface area contributed by atoms with E-state index in [0.29, 0.717) is 17.6 Å². The Labute approximate surface area is 60.1 Å². The molecule has 0 aromatic heterocycles. The SMILES string of the molecule is CC1=C2C3CC2C3=C(O)C1. The van der Waals surface area contributed by atoms with Crippen molar-refractivity contribution in [1.82, 2.24) is 0 Å². The molecule has 3 saturated carbocycles. The van der Waals surface area contributed by atoms with Crippen molar-refractivity contribution in [1.29, 1.82) is 0 Å². The third-order valence-corrected chi connectivity index (χ3v) is 3.23. The van der Waals surface area contributed by atoms with Gasteiger partial charge in [0.1, 0.15) is 0 Å². The highest BCUT2D eigenvalue weighted by atomic mass is 16.3. The molecule has 0 aromatic rings. The summed E-state index contributed by atoms with van der Waals surface area (Å²) in [5.41, 5.74) is 4.47. The average Bonchev–Trinajstić information content (AvgIpc) is 1.50. The van der Waals surface area contributed by atoms with Crippen LogP contribution in [0.25, 0.3) is 0 Å². The van der Waals surface area contributed by atoms with Crippen LogP contribution in [0.1, 0.15) is 19.8 Å². The third kappa shape index (κ3) is 0.293. The van der Waals surface area contributed by atoms with E-state index in [1.165, 1.54) is 17.6 Å². The molecular formula is C9H10O. The predicted molar refractivity (Wildman–Crippen MR) is 38.6 cm³/mol. The van der Waals surface area contributed by atoms with Gasteiger partial charge in [0.05, 0.1) is 5.76 Å². The average molecular weight is 134 g/mol. The minimum atomic E-state index is 0.689. The summed E-state index contributed by atoms with van der Waals surface area (Å²) in [5, 5.41) is 9.43. The summed E-state index contributed by atoms with van der Waals surface area (Å²) in [4.78, 5) is 0. The van der Waals surface area contributed by atoms with E-state index in [-0.39, 0.29) is 0 Å². The van der Waals surface area contributed by atoms with Gasteiger partial charge >= 0.3 is 0 Å². The summed E-state index contributed by atoms with van der Waals surface area (Å²) in [5.74, 6) is 2.10. The van der Waals surface area contributed by atoms with E-state index in [1.54, 1.807) is 5.57 Å². The number of aliphatic hydroxyl groups is 1. The third-order valence-electron chi connectivity index (χ3n) is 3.23. The number of hydrogen-bond acceptors (Lipinski definition) is 1. The second kappa shape index (κ2) is 1.18. The molecule has 4 aliphatic rings. The maximum atomic E-state index is 9.43. The van der Waals surface area contributed by atoms with Gasteiger partial charge in [0.25, 0.3) is 0 Å². The Morgan fingerprint density at radius 3 is 2.40 bits per heavy atom. The molecule has 2 unspecified atom stereocenters. The van der Waals surface area contributed by atoms with Crippen molar-refractivity contribution in [2.45, 2.75) is 19.8 Å². The zero-order valence-corrected chi connectivity index (χ0v) is 6.02. The van der Waals surface area contributed by atoms with Gasteiger partial charge in [0, 0.05) is 18.3 Å². The predicted octanol–water partition coefficient (Wildman–Crippen LogP) is 2.17. The van der Waals surface area contributed by atoms with E-state index < -0.39 is 0 Å². The summed E-state index contributed by atoms with van der Waals surface area (Å²) in [6, 6.07) is 0. The topological polar surface area (TPSA) is 20.2 Å². The number of allylic oxidation sites excluding steroid dienone is 3. The second-order valence-electron chi connectivity index (χ2n) is 3.66. The molecule has 0 heterocycles. The molecule has 2 atom stereocenters. The normalized spacial score (nSPS) is 41.3. The van der Waals surface area contributed by atoms with E-state index in [1.807, 2.05) is 0 Å². The van der Waals surface area contributed by atoms with Crippen LogP contribution in [0.4, 0.5) is 0 Å². The van der Waals surface area contributed by atoms with Crippen molar-refractivity contribution in [3.8, 4) is 0 Å². The van der Waals surface area contributed by atoms with Crippen molar-refractivity contribution in [2.75, 3.05) is 0 Å². The fraction of sp³-hybridized carbons (Fsp3) is 0.556. The monoisotopic (exact) mass is 134 g/mol. The maximum Gasteiger partial charge on any atom is 0.0967 e. The Morgan fingerprint density at radius 2 is 2.00 bits per heavy atom. The molecule has 0 aromatic carbocycles. The summed E-state index contributed by atoms with van der Waals surface area (Å²) in [6.45, 7) is 2.15. The van der Waals surface area contributed by atoms with Gasteiger partial charge in [-0.3, -0.25) is 0 Å². The zero-order chi connectivity index (χ0) is 6.88. The summed E-state index contributed by atoms with van der Waals surface area (Å²) in [7, 11) is 0. The molecule has 0 amide bonds. The molecule has 1 nitrogen and oxygen atoms in total. The number of hydrogen-bond donors (Lipinski definition) is 1. The Hall–Kier alpha value is -0.720. The molecule has 4 aliphatic carbocycles. The lowest BCUT2D eigenvalue weighted by Crippen LogP contribution is -2.49. The smallest absolute Gasteiger partial charge is 0.0967 e. The van der Waals surface area contributed by atoms with E-state index >= 15 is 0 Å². The van der Waals surface area contributed by atoms with E-state index in [0.717, 1.165) is 6.42 Å². The standard InChI is InChI=1S/C9H10O/c1-4-2-7(10)9-5-3-6(9)8(4)5/h5-6,10H,2-3H2,1H3. The van der Waals surface area contributed by atoms with Crippen LogP contribution in [0.15, 0.2) is 22.5 Å². The lowest BCUT2D eigenvalue weighted by Gasteiger charge is -2.59. The highest BCUT2D eigenvalue weighted by molar-refractivity contribution is 5.57. The van der Waals surface area contributed by atoms with Gasteiger partial charge in [0.2, 0.25) is 0 Å². The van der Waals surface area contributed by atoms with E-state index in [9.17, 15) is 5.11 Å². The molecular weight excluding hydrogens is 124 g/mol. The first kappa shape index (κ1) is 5.00. The fourth-order valence-electron chi connectivity index (χ4n) is 2.60. The van der Waals surface area contributed by atoms with Gasteiger partial charge < -0.3 is 5.11 Å². The number of rotatable bonds is 0. The Morgan fingerprint density at radius 1 is 1.30 bits per heavy atom. The molecule has 4 rings (SSSR count). The van der Waals surface area contributed by atoms with Crippen LogP contribution in [0, 0.1) is 11.8 Å². The van der Waals surface area contributed by atoms with E-state index in [4.69, 9.17) is 0 Å². The first-order valence-electron chi connectivity index (χ1n) is 3.90. The maximum absolute atomic E-state index is 9.43. The van der Waals surface area contributed by atoms with Crippen LogP contribution in [-0.2, 0) is 0 Å². The van der Waals surface area contributed by atoms with Gasteiger partial charge in [-0.1, -0.05) is 11.1 Å². The molecule has 52 valence electrons. The van der Waals surface area contributed by atoms with Crippen LogP contribution in [0.5, 0.6) is 0 Å². The summed E-state index contributed by atoms with van der Waals surface area (Å²) < 4.78 is 0. The van der Waals surface area contributed by atoms with Crippen molar-refractivity contribution in [3.05, 3.63) is 22.5 Å². The van der Waals surface area contributed by atoms with Crippen LogP contribution in [0.3, 0.4) is 0 Å². The molecule has 1 N–H and O–H groups in total. The van der Waals surface area contributed by atoms with Gasteiger partial charge in [0.15, 0.2) is 0 Å². The Balaban J connectivity index is 2.17. The minimum absolute atomic E-state index is 0.689. The van der Waals surface area contributed by atoms with Crippen LogP contribution < -0.4 is 0 Å².